The topological polar surface area (TPSA) is 96.2 Å². The predicted octanol–water partition coefficient (Wildman–Crippen LogP) is -1.41. The van der Waals surface area contributed by atoms with Gasteiger partial charge < -0.3 is 24.8 Å². The summed E-state index contributed by atoms with van der Waals surface area (Å²) >= 11 is 0. The molecular weight excluding hydrogens is 216 g/mol. The number of ether oxygens (including phenoxy) is 2. The van der Waals surface area contributed by atoms with Gasteiger partial charge in [-0.25, -0.2) is 4.79 Å². The Kier molecular flexibility index (Phi) is 4.03. The van der Waals surface area contributed by atoms with Crippen LogP contribution in [0.2, 0.25) is 0 Å². The summed E-state index contributed by atoms with van der Waals surface area (Å²) in [6.45, 7) is 1.11. The van der Waals surface area contributed by atoms with Gasteiger partial charge in [-0.2, -0.15) is 0 Å². The van der Waals surface area contributed by atoms with Crippen LogP contribution in [-0.2, 0) is 14.3 Å². The molecule has 1 fully saturated rings. The lowest BCUT2D eigenvalue weighted by atomic mass is 9.96. The van der Waals surface area contributed by atoms with E-state index in [-0.39, 0.29) is 0 Å². The molecule has 0 radical (unpaired) electrons. The molecule has 2 unspecified atom stereocenters. The second-order valence-corrected chi connectivity index (χ2v) is 3.81. The van der Waals surface area contributed by atoms with Crippen LogP contribution in [0.4, 0.5) is 0 Å². The number of hydrogen-bond donors (Lipinski definition) is 3. The summed E-state index contributed by atoms with van der Waals surface area (Å²) in [7, 11) is 1.23. The van der Waals surface area contributed by atoms with E-state index in [1.54, 1.807) is 0 Å². The lowest BCUT2D eigenvalue weighted by Gasteiger charge is -2.23. The molecule has 92 valence electrons. The smallest absolute Gasteiger partial charge is 0.330 e. The van der Waals surface area contributed by atoms with E-state index in [0.29, 0.717) is 0 Å². The molecule has 0 aliphatic carbocycles. The van der Waals surface area contributed by atoms with E-state index in [9.17, 15) is 15.0 Å². The Morgan fingerprint density at radius 2 is 2.19 bits per heavy atom. The van der Waals surface area contributed by atoms with Crippen LogP contribution in [0.3, 0.4) is 0 Å². The fraction of sp³-hybridized carbons (Fsp3) is 0.700. The molecule has 6 heteroatoms. The third-order valence-corrected chi connectivity index (χ3v) is 2.63. The minimum absolute atomic E-state index is 0.403. The first-order valence-electron chi connectivity index (χ1n) is 4.86. The maximum Gasteiger partial charge on any atom is 0.330 e. The monoisotopic (exact) mass is 232 g/mol. The molecule has 1 aliphatic heterocycles. The van der Waals surface area contributed by atoms with Crippen LogP contribution < -0.4 is 0 Å². The fourth-order valence-electron chi connectivity index (χ4n) is 1.59. The Bertz CT molecular complexity index is 289. The third-order valence-electron chi connectivity index (χ3n) is 2.63. The second-order valence-electron chi connectivity index (χ2n) is 3.81. The molecule has 1 saturated heterocycles. The molecule has 1 heterocycles. The van der Waals surface area contributed by atoms with E-state index >= 15 is 0 Å². The van der Waals surface area contributed by atoms with E-state index < -0.39 is 36.5 Å². The standard InChI is InChI=1S/C10H16O6/c1-10(4-3-7(12)15-2)9(14)8(13)6(5-11)16-10/h3-4,6,8-9,11,13-14H,5H2,1-2H3/t6-,8+,9?,10?/m1/s1. The molecular formula is C10H16O6. The Balaban J connectivity index is 2.78. The number of aliphatic hydroxyl groups is 3. The lowest BCUT2D eigenvalue weighted by Crippen LogP contribution is -2.39. The van der Waals surface area contributed by atoms with E-state index in [0.717, 1.165) is 6.08 Å². The highest BCUT2D eigenvalue weighted by molar-refractivity contribution is 5.82. The van der Waals surface area contributed by atoms with Gasteiger partial charge in [-0.15, -0.1) is 0 Å². The van der Waals surface area contributed by atoms with Gasteiger partial charge in [0.25, 0.3) is 0 Å². The van der Waals surface area contributed by atoms with Crippen LogP contribution in [0.15, 0.2) is 12.2 Å². The van der Waals surface area contributed by atoms with Gasteiger partial charge in [0.15, 0.2) is 0 Å². The Labute approximate surface area is 93.1 Å². The van der Waals surface area contributed by atoms with Gasteiger partial charge in [0.1, 0.15) is 23.9 Å². The van der Waals surface area contributed by atoms with Crippen molar-refractivity contribution < 1.29 is 29.6 Å². The summed E-state index contributed by atoms with van der Waals surface area (Å²) in [5.74, 6) is -0.584. The number of aliphatic hydroxyl groups excluding tert-OH is 3. The Morgan fingerprint density at radius 1 is 1.56 bits per heavy atom. The van der Waals surface area contributed by atoms with E-state index in [2.05, 4.69) is 4.74 Å². The molecule has 1 rings (SSSR count). The van der Waals surface area contributed by atoms with Crippen molar-refractivity contribution in [1.29, 1.82) is 0 Å². The largest absolute Gasteiger partial charge is 0.466 e. The van der Waals surface area contributed by atoms with Gasteiger partial charge in [-0.1, -0.05) is 0 Å². The van der Waals surface area contributed by atoms with Gasteiger partial charge in [0.05, 0.1) is 13.7 Å². The lowest BCUT2D eigenvalue weighted by molar-refractivity contribution is -0.135. The number of methoxy groups -OCH3 is 1. The maximum absolute atomic E-state index is 10.9. The van der Waals surface area contributed by atoms with Crippen molar-refractivity contribution in [2.75, 3.05) is 13.7 Å². The normalized spacial score (nSPS) is 39.2. The molecule has 0 saturated carbocycles. The Hall–Kier alpha value is -0.950. The molecule has 0 aromatic heterocycles. The summed E-state index contributed by atoms with van der Waals surface area (Å²) in [6, 6.07) is 0. The zero-order chi connectivity index (χ0) is 12.3. The van der Waals surface area contributed by atoms with Crippen LogP contribution in [0, 0.1) is 0 Å². The minimum Gasteiger partial charge on any atom is -0.466 e. The average molecular weight is 232 g/mol. The molecule has 0 amide bonds. The summed E-state index contributed by atoms with van der Waals surface area (Å²) < 4.78 is 9.67. The first kappa shape index (κ1) is 13.1. The van der Waals surface area contributed by atoms with Crippen LogP contribution >= 0.6 is 0 Å². The predicted molar refractivity (Wildman–Crippen MR) is 53.5 cm³/mol. The van der Waals surface area contributed by atoms with Crippen LogP contribution in [0.5, 0.6) is 0 Å². The minimum atomic E-state index is -1.21. The summed E-state index contributed by atoms with van der Waals surface area (Å²) in [6.07, 6.45) is -0.830. The molecule has 16 heavy (non-hydrogen) atoms. The Morgan fingerprint density at radius 3 is 2.62 bits per heavy atom. The molecule has 0 bridgehead atoms. The maximum atomic E-state index is 10.9. The molecule has 4 atom stereocenters. The zero-order valence-electron chi connectivity index (χ0n) is 9.16. The van der Waals surface area contributed by atoms with Crippen LogP contribution in [0.1, 0.15) is 6.92 Å². The summed E-state index contributed by atoms with van der Waals surface area (Å²) in [4.78, 5) is 10.9. The average Bonchev–Trinajstić information content (AvgIpc) is 2.51. The number of hydrogen-bond acceptors (Lipinski definition) is 6. The van der Waals surface area contributed by atoms with Crippen molar-refractivity contribution in [3.8, 4) is 0 Å². The number of carbonyl (C=O) groups excluding carboxylic acids is 1. The fourth-order valence-corrected chi connectivity index (χ4v) is 1.59. The number of rotatable bonds is 3. The molecule has 6 nitrogen and oxygen atoms in total. The van der Waals surface area contributed by atoms with E-state index in [1.165, 1.54) is 20.1 Å². The highest BCUT2D eigenvalue weighted by atomic mass is 16.6. The first-order chi connectivity index (χ1) is 7.44. The molecule has 3 N–H and O–H groups in total. The highest BCUT2D eigenvalue weighted by Crippen LogP contribution is 2.32. The molecule has 1 aliphatic rings. The van der Waals surface area contributed by atoms with Crippen molar-refractivity contribution in [1.82, 2.24) is 0 Å². The van der Waals surface area contributed by atoms with Gasteiger partial charge in [-0.05, 0) is 13.0 Å². The van der Waals surface area contributed by atoms with Crippen molar-refractivity contribution in [3.63, 3.8) is 0 Å². The summed E-state index contributed by atoms with van der Waals surface area (Å²) in [5.41, 5.74) is -1.21. The van der Waals surface area contributed by atoms with E-state index in [1.807, 2.05) is 0 Å². The molecule has 0 spiro atoms. The quantitative estimate of drug-likeness (QED) is 0.408. The zero-order valence-corrected chi connectivity index (χ0v) is 9.16. The number of carbonyl (C=O) groups is 1. The van der Waals surface area contributed by atoms with Crippen molar-refractivity contribution in [3.05, 3.63) is 12.2 Å². The third kappa shape index (κ3) is 2.41. The highest BCUT2D eigenvalue weighted by Gasteiger charge is 2.49. The van der Waals surface area contributed by atoms with Crippen LogP contribution in [0.25, 0.3) is 0 Å². The van der Waals surface area contributed by atoms with Crippen LogP contribution in [-0.4, -0.2) is 58.9 Å². The first-order valence-corrected chi connectivity index (χ1v) is 4.86. The van der Waals surface area contributed by atoms with E-state index in [4.69, 9.17) is 9.84 Å². The number of esters is 1. The second kappa shape index (κ2) is 4.92. The summed E-state index contributed by atoms with van der Waals surface area (Å²) in [5, 5.41) is 28.1. The SMILES string of the molecule is COC(=O)C=CC1(C)O[C@H](CO)[C@H](O)C1O. The van der Waals surface area contributed by atoms with Gasteiger partial charge in [0.2, 0.25) is 0 Å². The molecule has 0 aromatic carbocycles. The molecule has 0 aromatic rings. The van der Waals surface area contributed by atoms with Crippen molar-refractivity contribution >= 4 is 5.97 Å². The van der Waals surface area contributed by atoms with Gasteiger partial charge in [0, 0.05) is 6.08 Å². The van der Waals surface area contributed by atoms with Gasteiger partial charge in [-0.3, -0.25) is 0 Å². The van der Waals surface area contributed by atoms with Crippen molar-refractivity contribution in [2.24, 2.45) is 0 Å². The van der Waals surface area contributed by atoms with Crippen molar-refractivity contribution in [2.45, 2.75) is 30.8 Å². The van der Waals surface area contributed by atoms with Gasteiger partial charge >= 0.3 is 5.97 Å².